The fourth-order valence-electron chi connectivity index (χ4n) is 1.55. The van der Waals surface area contributed by atoms with Gasteiger partial charge in [0, 0.05) is 16.1 Å². The Balaban J connectivity index is 0.00000112. The first-order chi connectivity index (χ1) is 6.59. The molecule has 1 saturated carbocycles. The second-order valence-corrected chi connectivity index (χ2v) is 5.01. The zero-order valence-electron chi connectivity index (χ0n) is 7.91. The summed E-state index contributed by atoms with van der Waals surface area (Å²) in [6.07, 6.45) is 2.29. The highest BCUT2D eigenvalue weighted by atomic mass is 79.9. The Morgan fingerprint density at radius 3 is 2.60 bits per heavy atom. The molecule has 5 heteroatoms. The quantitative estimate of drug-likeness (QED) is 0.875. The molecular formula is C10H12BrCl2NO. The lowest BCUT2D eigenvalue weighted by Gasteiger charge is -2.14. The van der Waals surface area contributed by atoms with Crippen LogP contribution < -0.4 is 5.73 Å². The van der Waals surface area contributed by atoms with Gasteiger partial charge < -0.3 is 10.8 Å². The molecule has 15 heavy (non-hydrogen) atoms. The number of aromatic hydroxyl groups is 1. The molecule has 0 aromatic heterocycles. The topological polar surface area (TPSA) is 46.2 Å². The Morgan fingerprint density at radius 2 is 2.07 bits per heavy atom. The molecule has 1 aromatic carbocycles. The number of hydrogen-bond acceptors (Lipinski definition) is 2. The van der Waals surface area contributed by atoms with Crippen molar-refractivity contribution in [3.63, 3.8) is 0 Å². The molecule has 3 N–H and O–H groups in total. The van der Waals surface area contributed by atoms with Crippen molar-refractivity contribution in [2.45, 2.75) is 18.9 Å². The first kappa shape index (κ1) is 13.1. The molecule has 0 saturated heterocycles. The summed E-state index contributed by atoms with van der Waals surface area (Å²) in [4.78, 5) is 0. The summed E-state index contributed by atoms with van der Waals surface area (Å²) in [6, 6.07) is 3.41. The molecular weight excluding hydrogens is 301 g/mol. The zero-order chi connectivity index (χ0) is 10.3. The molecule has 2 nitrogen and oxygen atoms in total. The van der Waals surface area contributed by atoms with E-state index in [2.05, 4.69) is 15.9 Å². The van der Waals surface area contributed by atoms with Gasteiger partial charge in [0.1, 0.15) is 5.75 Å². The SMILES string of the molecule is Cl.N[C@@H](c1cc(Br)cc(Cl)c1O)C1CC1. The molecule has 2 rings (SSSR count). The van der Waals surface area contributed by atoms with Gasteiger partial charge in [-0.25, -0.2) is 0 Å². The van der Waals surface area contributed by atoms with Crippen LogP contribution in [0.5, 0.6) is 5.75 Å². The molecule has 0 bridgehead atoms. The van der Waals surface area contributed by atoms with Crippen LogP contribution in [0.15, 0.2) is 16.6 Å². The van der Waals surface area contributed by atoms with Crippen molar-refractivity contribution >= 4 is 39.9 Å². The van der Waals surface area contributed by atoms with Crippen molar-refractivity contribution in [3.05, 3.63) is 27.2 Å². The van der Waals surface area contributed by atoms with Crippen molar-refractivity contribution in [2.24, 2.45) is 11.7 Å². The highest BCUT2D eigenvalue weighted by Gasteiger charge is 2.31. The van der Waals surface area contributed by atoms with Crippen LogP contribution in [-0.4, -0.2) is 5.11 Å². The van der Waals surface area contributed by atoms with Crippen LogP contribution in [0.3, 0.4) is 0 Å². The standard InChI is InChI=1S/C10H11BrClNO.ClH/c11-6-3-7(9(13)5-1-2-5)10(14)8(12)4-6;/h3-5,9,14H,1-2,13H2;1H/t9-;/m1./s1. The van der Waals surface area contributed by atoms with E-state index in [1.165, 1.54) is 0 Å². The van der Waals surface area contributed by atoms with Crippen LogP contribution in [0.2, 0.25) is 5.02 Å². The van der Waals surface area contributed by atoms with Crippen LogP contribution in [0.4, 0.5) is 0 Å². The summed E-state index contributed by atoms with van der Waals surface area (Å²) in [5.74, 6) is 0.625. The van der Waals surface area contributed by atoms with E-state index >= 15 is 0 Å². The van der Waals surface area contributed by atoms with Crippen molar-refractivity contribution in [1.82, 2.24) is 0 Å². The summed E-state index contributed by atoms with van der Waals surface area (Å²) < 4.78 is 0.853. The molecule has 1 aliphatic carbocycles. The van der Waals surface area contributed by atoms with E-state index in [0.29, 0.717) is 10.9 Å². The van der Waals surface area contributed by atoms with Gasteiger partial charge in [-0.05, 0) is 30.9 Å². The van der Waals surface area contributed by atoms with E-state index in [1.807, 2.05) is 6.07 Å². The minimum absolute atomic E-state index is 0. The zero-order valence-corrected chi connectivity index (χ0v) is 11.1. The molecule has 0 spiro atoms. The fourth-order valence-corrected chi connectivity index (χ4v) is 2.38. The van der Waals surface area contributed by atoms with Gasteiger partial charge in [0.2, 0.25) is 0 Å². The van der Waals surface area contributed by atoms with E-state index < -0.39 is 0 Å². The van der Waals surface area contributed by atoms with E-state index in [9.17, 15) is 5.11 Å². The van der Waals surface area contributed by atoms with E-state index in [0.717, 1.165) is 22.9 Å². The maximum Gasteiger partial charge on any atom is 0.139 e. The van der Waals surface area contributed by atoms with Gasteiger partial charge in [-0.1, -0.05) is 27.5 Å². The Hall–Kier alpha value is 0.0400. The number of phenols is 1. The van der Waals surface area contributed by atoms with Crippen molar-refractivity contribution < 1.29 is 5.11 Å². The van der Waals surface area contributed by atoms with E-state index in [-0.39, 0.29) is 24.2 Å². The van der Waals surface area contributed by atoms with Crippen LogP contribution in [0.1, 0.15) is 24.4 Å². The Labute approximate surface area is 108 Å². The second-order valence-electron chi connectivity index (χ2n) is 3.69. The summed E-state index contributed by atoms with van der Waals surface area (Å²) >= 11 is 9.19. The Morgan fingerprint density at radius 1 is 1.47 bits per heavy atom. The lowest BCUT2D eigenvalue weighted by Crippen LogP contribution is -2.12. The van der Waals surface area contributed by atoms with Gasteiger partial charge >= 0.3 is 0 Å². The number of rotatable bonds is 2. The van der Waals surface area contributed by atoms with Crippen LogP contribution in [-0.2, 0) is 0 Å². The Bertz CT molecular complexity index is 369. The summed E-state index contributed by atoms with van der Waals surface area (Å²) in [6.45, 7) is 0. The van der Waals surface area contributed by atoms with Gasteiger partial charge in [0.25, 0.3) is 0 Å². The number of phenolic OH excluding ortho intramolecular Hbond substituents is 1. The van der Waals surface area contributed by atoms with Crippen LogP contribution >= 0.6 is 39.9 Å². The maximum atomic E-state index is 9.74. The molecule has 0 unspecified atom stereocenters. The van der Waals surface area contributed by atoms with Gasteiger partial charge in [0.15, 0.2) is 0 Å². The van der Waals surface area contributed by atoms with Gasteiger partial charge in [-0.2, -0.15) is 0 Å². The van der Waals surface area contributed by atoms with Crippen molar-refractivity contribution in [2.75, 3.05) is 0 Å². The summed E-state index contributed by atoms with van der Waals surface area (Å²) in [7, 11) is 0. The van der Waals surface area contributed by atoms with Crippen molar-refractivity contribution in [3.8, 4) is 5.75 Å². The number of halogens is 3. The molecule has 1 aliphatic rings. The Kier molecular flexibility index (Phi) is 4.29. The maximum absolute atomic E-state index is 9.74. The molecule has 0 radical (unpaired) electrons. The second kappa shape index (κ2) is 4.91. The van der Waals surface area contributed by atoms with E-state index in [4.69, 9.17) is 17.3 Å². The van der Waals surface area contributed by atoms with Crippen molar-refractivity contribution in [1.29, 1.82) is 0 Å². The minimum atomic E-state index is -0.0926. The predicted molar refractivity (Wildman–Crippen MR) is 67.7 cm³/mol. The van der Waals surface area contributed by atoms with Gasteiger partial charge in [0.05, 0.1) is 5.02 Å². The summed E-state index contributed by atoms with van der Waals surface area (Å²) in [5, 5.41) is 10.1. The molecule has 0 heterocycles. The number of benzene rings is 1. The van der Waals surface area contributed by atoms with Gasteiger partial charge in [-0.15, -0.1) is 12.4 Å². The first-order valence-electron chi connectivity index (χ1n) is 4.53. The largest absolute Gasteiger partial charge is 0.506 e. The molecule has 84 valence electrons. The van der Waals surface area contributed by atoms with Crippen LogP contribution in [0.25, 0.3) is 0 Å². The van der Waals surface area contributed by atoms with Gasteiger partial charge in [-0.3, -0.25) is 0 Å². The third kappa shape index (κ3) is 2.78. The third-order valence-electron chi connectivity index (χ3n) is 2.55. The fraction of sp³-hybridized carbons (Fsp3) is 0.400. The number of nitrogens with two attached hydrogens (primary N) is 1. The normalized spacial score (nSPS) is 17.0. The average molecular weight is 313 g/mol. The molecule has 0 aliphatic heterocycles. The molecule has 0 amide bonds. The number of hydrogen-bond donors (Lipinski definition) is 2. The first-order valence-corrected chi connectivity index (χ1v) is 5.70. The minimum Gasteiger partial charge on any atom is -0.506 e. The lowest BCUT2D eigenvalue weighted by molar-refractivity contribution is 0.456. The molecule has 1 aromatic rings. The average Bonchev–Trinajstić information content (AvgIpc) is 2.93. The third-order valence-corrected chi connectivity index (χ3v) is 3.29. The monoisotopic (exact) mass is 311 g/mol. The lowest BCUT2D eigenvalue weighted by atomic mass is 10.0. The smallest absolute Gasteiger partial charge is 0.139 e. The van der Waals surface area contributed by atoms with Crippen LogP contribution in [0, 0.1) is 5.92 Å². The summed E-state index contributed by atoms with van der Waals surface area (Å²) in [5.41, 5.74) is 6.74. The highest BCUT2D eigenvalue weighted by Crippen LogP contribution is 2.44. The predicted octanol–water partition coefficient (Wildman–Crippen LogP) is 3.64. The molecule has 1 atom stereocenters. The highest BCUT2D eigenvalue weighted by molar-refractivity contribution is 9.10. The molecule has 1 fully saturated rings. The van der Waals surface area contributed by atoms with E-state index in [1.54, 1.807) is 6.07 Å².